The van der Waals surface area contributed by atoms with Gasteiger partial charge in [0.25, 0.3) is 0 Å². The van der Waals surface area contributed by atoms with E-state index in [0.29, 0.717) is 44.0 Å². The van der Waals surface area contributed by atoms with E-state index in [1.165, 1.54) is 18.3 Å². The maximum atomic E-state index is 13.4. The van der Waals surface area contributed by atoms with Crippen LogP contribution < -0.4 is 0 Å². The van der Waals surface area contributed by atoms with Crippen LogP contribution in [0, 0.1) is 0 Å². The van der Waals surface area contributed by atoms with Gasteiger partial charge in [0.15, 0.2) is 0 Å². The van der Waals surface area contributed by atoms with Crippen LogP contribution in [0.15, 0.2) is 61.1 Å². The first kappa shape index (κ1) is 25.1. The largest absolute Gasteiger partial charge is 0.416 e. The fourth-order valence-corrected chi connectivity index (χ4v) is 4.16. The summed E-state index contributed by atoms with van der Waals surface area (Å²) < 4.78 is 86.0. The number of morpholine rings is 1. The van der Waals surface area contributed by atoms with Gasteiger partial charge >= 0.3 is 12.4 Å². The van der Waals surface area contributed by atoms with Crippen molar-refractivity contribution < 1.29 is 36.2 Å². The van der Waals surface area contributed by atoms with Crippen molar-refractivity contribution in [1.29, 1.82) is 0 Å². The lowest BCUT2D eigenvalue weighted by Gasteiger charge is -2.37. The summed E-state index contributed by atoms with van der Waals surface area (Å²) in [6, 6.07) is 6.96. The number of pyridine rings is 2. The van der Waals surface area contributed by atoms with Crippen molar-refractivity contribution in [3.05, 3.63) is 83.3 Å². The highest BCUT2D eigenvalue weighted by molar-refractivity contribution is 5.66. The number of ether oxygens (including phenoxy) is 1. The molecule has 1 aliphatic rings. The smallest absolute Gasteiger partial charge is 0.386 e. The molecule has 0 saturated carbocycles. The molecule has 3 aromatic rings. The number of hydrogen-bond donors (Lipinski definition) is 1. The van der Waals surface area contributed by atoms with Crippen molar-refractivity contribution >= 4 is 0 Å². The highest BCUT2D eigenvalue weighted by Crippen LogP contribution is 2.42. The maximum Gasteiger partial charge on any atom is 0.416 e. The number of aliphatic hydroxyl groups is 1. The molecule has 0 radical (unpaired) electrons. The highest BCUT2D eigenvalue weighted by Gasteiger charge is 2.38. The summed E-state index contributed by atoms with van der Waals surface area (Å²) in [5, 5.41) is 11.5. The second-order valence-corrected chi connectivity index (χ2v) is 8.06. The van der Waals surface area contributed by atoms with Crippen LogP contribution in [-0.2, 0) is 17.1 Å². The van der Waals surface area contributed by atoms with E-state index in [2.05, 4.69) is 9.97 Å². The standard InChI is InChI=1S/C24H21F6N3O2/c25-23(26,27)17-11-16(12-18(13-17)24(28,29)30)20-19(4-2-6-32-20)22(34)21(15-3-1-5-31-14-15)33-7-9-35-10-8-33/h1-6,11-14,21-22,34H,7-10H2. The molecule has 0 amide bonds. The molecule has 1 aromatic carbocycles. The molecule has 2 atom stereocenters. The molecule has 2 aromatic heterocycles. The van der Waals surface area contributed by atoms with E-state index in [-0.39, 0.29) is 17.3 Å². The van der Waals surface area contributed by atoms with Crippen LogP contribution in [0.25, 0.3) is 11.3 Å². The van der Waals surface area contributed by atoms with Crippen molar-refractivity contribution in [1.82, 2.24) is 14.9 Å². The highest BCUT2D eigenvalue weighted by atomic mass is 19.4. The number of rotatable bonds is 5. The molecule has 1 aliphatic heterocycles. The lowest BCUT2D eigenvalue weighted by molar-refractivity contribution is -0.143. The summed E-state index contributed by atoms with van der Waals surface area (Å²) in [5.41, 5.74) is -2.74. The fraction of sp³-hybridized carbons (Fsp3) is 0.333. The first-order chi connectivity index (χ1) is 16.6. The van der Waals surface area contributed by atoms with Gasteiger partial charge in [0.1, 0.15) is 6.10 Å². The van der Waals surface area contributed by atoms with Crippen LogP contribution in [0.1, 0.15) is 34.4 Å². The van der Waals surface area contributed by atoms with Gasteiger partial charge in [-0.2, -0.15) is 26.3 Å². The molecule has 5 nitrogen and oxygen atoms in total. The summed E-state index contributed by atoms with van der Waals surface area (Å²) >= 11 is 0. The normalized spacial score (nSPS) is 17.2. The lowest BCUT2D eigenvalue weighted by atomic mass is 9.91. The molecule has 2 unspecified atom stereocenters. The van der Waals surface area contributed by atoms with Crippen LogP contribution in [0.2, 0.25) is 0 Å². The van der Waals surface area contributed by atoms with Crippen LogP contribution in [0.4, 0.5) is 26.3 Å². The van der Waals surface area contributed by atoms with Crippen molar-refractivity contribution in [2.24, 2.45) is 0 Å². The molecular formula is C24H21F6N3O2. The Labute approximate surface area is 197 Å². The second kappa shape index (κ2) is 9.92. The Morgan fingerprint density at radius 2 is 1.51 bits per heavy atom. The van der Waals surface area contributed by atoms with Crippen LogP contribution in [0.5, 0.6) is 0 Å². The van der Waals surface area contributed by atoms with E-state index in [0.717, 1.165) is 0 Å². The minimum Gasteiger partial charge on any atom is -0.386 e. The molecule has 1 N–H and O–H groups in total. The number of aliphatic hydroxyl groups excluding tert-OH is 1. The van der Waals surface area contributed by atoms with Gasteiger partial charge in [-0.3, -0.25) is 14.9 Å². The van der Waals surface area contributed by atoms with Crippen LogP contribution in [0.3, 0.4) is 0 Å². The molecule has 186 valence electrons. The molecule has 4 rings (SSSR count). The third-order valence-corrected chi connectivity index (χ3v) is 5.78. The Morgan fingerprint density at radius 3 is 2.09 bits per heavy atom. The summed E-state index contributed by atoms with van der Waals surface area (Å²) in [4.78, 5) is 10.1. The first-order valence-corrected chi connectivity index (χ1v) is 10.7. The molecule has 11 heteroatoms. The minimum atomic E-state index is -5.00. The third kappa shape index (κ3) is 5.63. The molecule has 3 heterocycles. The lowest BCUT2D eigenvalue weighted by Crippen LogP contribution is -2.41. The van der Waals surface area contributed by atoms with Crippen molar-refractivity contribution in [2.45, 2.75) is 24.5 Å². The average molecular weight is 497 g/mol. The summed E-state index contributed by atoms with van der Waals surface area (Å²) in [6.07, 6.45) is -6.96. The van der Waals surface area contributed by atoms with Gasteiger partial charge in [0.2, 0.25) is 0 Å². The molecule has 0 spiro atoms. The Morgan fingerprint density at radius 1 is 0.886 bits per heavy atom. The number of alkyl halides is 6. The van der Waals surface area contributed by atoms with Gasteiger partial charge < -0.3 is 9.84 Å². The van der Waals surface area contributed by atoms with Crippen molar-refractivity contribution in [2.75, 3.05) is 26.3 Å². The number of halogens is 6. The topological polar surface area (TPSA) is 58.5 Å². The summed E-state index contributed by atoms with van der Waals surface area (Å²) in [7, 11) is 0. The zero-order valence-electron chi connectivity index (χ0n) is 18.2. The van der Waals surface area contributed by atoms with E-state index < -0.39 is 41.2 Å². The Hall–Kier alpha value is -3.02. The zero-order valence-corrected chi connectivity index (χ0v) is 18.2. The van der Waals surface area contributed by atoms with Crippen LogP contribution in [-0.4, -0.2) is 46.3 Å². The molecule has 1 fully saturated rings. The zero-order chi connectivity index (χ0) is 25.2. The molecule has 35 heavy (non-hydrogen) atoms. The SMILES string of the molecule is OC(c1cccnc1-c1cc(C(F)(F)F)cc(C(F)(F)F)c1)C(c1cccnc1)N1CCOCC1. The van der Waals surface area contributed by atoms with E-state index in [1.807, 2.05) is 4.90 Å². The minimum absolute atomic E-state index is 0.0642. The monoisotopic (exact) mass is 497 g/mol. The maximum absolute atomic E-state index is 13.4. The number of nitrogens with zero attached hydrogens (tertiary/aromatic N) is 3. The number of hydrogen-bond acceptors (Lipinski definition) is 5. The second-order valence-electron chi connectivity index (χ2n) is 8.06. The molecule has 1 saturated heterocycles. The Balaban J connectivity index is 1.84. The van der Waals surface area contributed by atoms with Crippen molar-refractivity contribution in [3.8, 4) is 11.3 Å². The fourth-order valence-electron chi connectivity index (χ4n) is 4.16. The Kier molecular flexibility index (Phi) is 7.11. The van der Waals surface area contributed by atoms with Gasteiger partial charge in [-0.1, -0.05) is 12.1 Å². The van der Waals surface area contributed by atoms with Gasteiger partial charge in [-0.15, -0.1) is 0 Å². The van der Waals surface area contributed by atoms with Gasteiger partial charge in [-0.05, 0) is 35.9 Å². The third-order valence-electron chi connectivity index (χ3n) is 5.78. The van der Waals surface area contributed by atoms with Gasteiger partial charge in [0, 0.05) is 42.8 Å². The van der Waals surface area contributed by atoms with Crippen LogP contribution >= 0.6 is 0 Å². The van der Waals surface area contributed by atoms with Gasteiger partial charge in [0.05, 0.1) is 36.1 Å². The molecule has 0 bridgehead atoms. The Bertz CT molecular complexity index is 1120. The number of benzene rings is 1. The predicted molar refractivity (Wildman–Crippen MR) is 114 cm³/mol. The van der Waals surface area contributed by atoms with Gasteiger partial charge in [-0.25, -0.2) is 0 Å². The van der Waals surface area contributed by atoms with E-state index in [1.54, 1.807) is 24.5 Å². The first-order valence-electron chi connectivity index (χ1n) is 10.7. The number of aromatic nitrogens is 2. The predicted octanol–water partition coefficient (Wildman–Crippen LogP) is 5.29. The summed E-state index contributed by atoms with van der Waals surface area (Å²) in [6.45, 7) is 1.75. The van der Waals surface area contributed by atoms with E-state index >= 15 is 0 Å². The molecule has 0 aliphatic carbocycles. The average Bonchev–Trinajstić information content (AvgIpc) is 2.84. The quantitative estimate of drug-likeness (QED) is 0.486. The summed E-state index contributed by atoms with van der Waals surface area (Å²) in [5.74, 6) is 0. The van der Waals surface area contributed by atoms with E-state index in [4.69, 9.17) is 4.74 Å². The molecular weight excluding hydrogens is 476 g/mol. The van der Waals surface area contributed by atoms with E-state index in [9.17, 15) is 31.4 Å². The van der Waals surface area contributed by atoms with Crippen molar-refractivity contribution in [3.63, 3.8) is 0 Å².